The second-order valence-corrected chi connectivity index (χ2v) is 8.42. The van der Waals surface area contributed by atoms with Gasteiger partial charge in [0.15, 0.2) is 0 Å². The maximum Gasteiger partial charge on any atom is 0.141 e. The standard InChI is InChI=1S/C15H16N8OS/c1-25(17,24)22-8-15(9-22,3-4-16)23-7-11(6-21-23)13-12-2-5-18-14(12)20-10-19-13/h2,5-7,10,17H,3,8-9H2,1H3,(H,18,19,20)/t25-/m1/s1. The van der Waals surface area contributed by atoms with Crippen molar-refractivity contribution in [2.45, 2.75) is 12.0 Å². The van der Waals surface area contributed by atoms with Gasteiger partial charge in [-0.05, 0) is 6.07 Å². The Bertz CT molecular complexity index is 1080. The average molecular weight is 356 g/mol. The number of rotatable bonds is 4. The van der Waals surface area contributed by atoms with Gasteiger partial charge in [0.25, 0.3) is 0 Å². The molecule has 0 aliphatic carbocycles. The zero-order chi connectivity index (χ0) is 17.7. The highest BCUT2D eigenvalue weighted by molar-refractivity contribution is 7.89. The summed E-state index contributed by atoms with van der Waals surface area (Å²) in [5.74, 6) is 0. The Kier molecular flexibility index (Phi) is 3.38. The van der Waals surface area contributed by atoms with Crippen LogP contribution in [0, 0.1) is 16.1 Å². The summed E-state index contributed by atoms with van der Waals surface area (Å²) in [6, 6.07) is 4.09. The number of hydrogen-bond acceptors (Lipinski definition) is 6. The molecule has 2 N–H and O–H groups in total. The third-order valence-corrected chi connectivity index (χ3v) is 5.78. The van der Waals surface area contributed by atoms with Crippen LogP contribution in [0.4, 0.5) is 0 Å². The number of aromatic amines is 1. The third-order valence-electron chi connectivity index (χ3n) is 4.54. The number of nitrogens with one attached hydrogen (secondary N) is 2. The summed E-state index contributed by atoms with van der Waals surface area (Å²) in [6.07, 6.45) is 8.49. The van der Waals surface area contributed by atoms with Gasteiger partial charge in [0.2, 0.25) is 0 Å². The van der Waals surface area contributed by atoms with Gasteiger partial charge in [-0.1, -0.05) is 0 Å². The highest BCUT2D eigenvalue weighted by atomic mass is 32.2. The molecular weight excluding hydrogens is 340 g/mol. The summed E-state index contributed by atoms with van der Waals surface area (Å²) in [4.78, 5) is 11.6. The van der Waals surface area contributed by atoms with Crippen LogP contribution in [0.5, 0.6) is 0 Å². The molecule has 0 aromatic carbocycles. The van der Waals surface area contributed by atoms with Gasteiger partial charge in [-0.3, -0.25) is 4.68 Å². The maximum atomic E-state index is 11.9. The van der Waals surface area contributed by atoms with Crippen LogP contribution in [-0.2, 0) is 15.5 Å². The molecule has 25 heavy (non-hydrogen) atoms. The molecule has 1 aliphatic rings. The minimum Gasteiger partial charge on any atom is -0.346 e. The van der Waals surface area contributed by atoms with E-state index in [1.54, 1.807) is 21.4 Å². The Morgan fingerprint density at radius 1 is 1.48 bits per heavy atom. The topological polar surface area (TPSA) is 127 Å². The predicted octanol–water partition coefficient (Wildman–Crippen LogP) is 1.34. The van der Waals surface area contributed by atoms with Crippen LogP contribution in [-0.4, -0.2) is 52.6 Å². The fourth-order valence-corrected chi connectivity index (χ4v) is 4.12. The molecule has 3 aromatic rings. The highest BCUT2D eigenvalue weighted by Crippen LogP contribution is 2.35. The molecule has 3 aromatic heterocycles. The van der Waals surface area contributed by atoms with E-state index in [-0.39, 0.29) is 6.42 Å². The Hall–Kier alpha value is -2.77. The molecule has 0 bridgehead atoms. The first-order valence-corrected chi connectivity index (χ1v) is 9.55. The van der Waals surface area contributed by atoms with E-state index < -0.39 is 15.5 Å². The maximum absolute atomic E-state index is 11.9. The molecule has 1 aliphatic heterocycles. The molecule has 0 unspecified atom stereocenters. The van der Waals surface area contributed by atoms with Crippen LogP contribution in [0.15, 0.2) is 31.0 Å². The molecule has 4 rings (SSSR count). The van der Waals surface area contributed by atoms with Crippen molar-refractivity contribution in [3.8, 4) is 17.3 Å². The Morgan fingerprint density at radius 3 is 3.00 bits per heavy atom. The van der Waals surface area contributed by atoms with Gasteiger partial charge < -0.3 is 4.98 Å². The summed E-state index contributed by atoms with van der Waals surface area (Å²) < 4.78 is 22.9. The lowest BCUT2D eigenvalue weighted by atomic mass is 9.89. The SMILES string of the molecule is C[S@](=N)(=O)N1CC(CC#N)(n2cc(-c3ncnc4[nH]ccc34)cn2)C1. The van der Waals surface area contributed by atoms with Crippen LogP contribution in [0.2, 0.25) is 0 Å². The van der Waals surface area contributed by atoms with Crippen molar-refractivity contribution in [1.29, 1.82) is 10.0 Å². The van der Waals surface area contributed by atoms with Gasteiger partial charge in [0.05, 0.1) is 24.4 Å². The fourth-order valence-electron chi connectivity index (χ4n) is 3.15. The van der Waals surface area contributed by atoms with E-state index in [1.807, 2.05) is 12.3 Å². The molecule has 0 amide bonds. The number of H-pyrrole nitrogens is 1. The summed E-state index contributed by atoms with van der Waals surface area (Å²) in [6.45, 7) is 0.730. The number of hydrogen-bond donors (Lipinski definition) is 2. The third kappa shape index (κ3) is 2.48. The van der Waals surface area contributed by atoms with Crippen molar-refractivity contribution in [1.82, 2.24) is 29.0 Å². The fraction of sp³-hybridized carbons (Fsp3) is 0.333. The minimum atomic E-state index is -2.77. The lowest BCUT2D eigenvalue weighted by Crippen LogP contribution is -2.63. The molecule has 0 spiro atoms. The first-order valence-electron chi connectivity index (χ1n) is 7.62. The number of fused-ring (bicyclic) bond motifs is 1. The molecular formula is C15H16N8OS. The Morgan fingerprint density at radius 2 is 2.28 bits per heavy atom. The lowest BCUT2D eigenvalue weighted by Gasteiger charge is -2.48. The van der Waals surface area contributed by atoms with Crippen molar-refractivity contribution in [3.05, 3.63) is 31.0 Å². The van der Waals surface area contributed by atoms with Gasteiger partial charge >= 0.3 is 0 Å². The molecule has 1 fully saturated rings. The van der Waals surface area contributed by atoms with Crippen molar-refractivity contribution >= 4 is 20.9 Å². The first-order chi connectivity index (χ1) is 11.9. The van der Waals surface area contributed by atoms with Gasteiger partial charge in [-0.25, -0.2) is 23.3 Å². The average Bonchev–Trinajstić information content (AvgIpc) is 3.17. The molecule has 4 heterocycles. The largest absolute Gasteiger partial charge is 0.346 e. The number of nitriles is 1. The van der Waals surface area contributed by atoms with E-state index in [0.717, 1.165) is 22.3 Å². The minimum absolute atomic E-state index is 0.240. The molecule has 1 saturated heterocycles. The van der Waals surface area contributed by atoms with Gasteiger partial charge in [0.1, 0.15) is 27.4 Å². The van der Waals surface area contributed by atoms with Crippen LogP contribution in [0.3, 0.4) is 0 Å². The predicted molar refractivity (Wildman–Crippen MR) is 91.7 cm³/mol. The quantitative estimate of drug-likeness (QED) is 0.729. The summed E-state index contributed by atoms with van der Waals surface area (Å²) in [7, 11) is -2.77. The van der Waals surface area contributed by atoms with E-state index in [0.29, 0.717) is 13.1 Å². The van der Waals surface area contributed by atoms with E-state index in [9.17, 15) is 9.47 Å². The number of aromatic nitrogens is 5. The monoisotopic (exact) mass is 356 g/mol. The van der Waals surface area contributed by atoms with Gasteiger partial charge in [-0.2, -0.15) is 10.4 Å². The first kappa shape index (κ1) is 15.7. The summed E-state index contributed by atoms with van der Waals surface area (Å²) in [5.41, 5.74) is 1.78. The van der Waals surface area contributed by atoms with E-state index in [4.69, 9.17) is 4.78 Å². The molecule has 0 radical (unpaired) electrons. The second-order valence-electron chi connectivity index (χ2n) is 6.30. The van der Waals surface area contributed by atoms with Crippen LogP contribution in [0.25, 0.3) is 22.3 Å². The van der Waals surface area contributed by atoms with Crippen molar-refractivity contribution in [2.24, 2.45) is 0 Å². The van der Waals surface area contributed by atoms with Crippen molar-refractivity contribution in [2.75, 3.05) is 19.3 Å². The van der Waals surface area contributed by atoms with E-state index >= 15 is 0 Å². The van der Waals surface area contributed by atoms with Crippen LogP contribution in [0.1, 0.15) is 6.42 Å². The smallest absolute Gasteiger partial charge is 0.141 e. The second kappa shape index (κ2) is 5.37. The highest BCUT2D eigenvalue weighted by Gasteiger charge is 2.48. The van der Waals surface area contributed by atoms with Crippen LogP contribution < -0.4 is 0 Å². The Labute approximate surface area is 144 Å². The molecule has 9 nitrogen and oxygen atoms in total. The van der Waals surface area contributed by atoms with Crippen molar-refractivity contribution < 1.29 is 4.21 Å². The summed E-state index contributed by atoms with van der Waals surface area (Å²) in [5, 5.41) is 14.5. The van der Waals surface area contributed by atoms with E-state index in [2.05, 4.69) is 26.1 Å². The molecule has 1 atom stereocenters. The van der Waals surface area contributed by atoms with E-state index in [1.165, 1.54) is 12.6 Å². The molecule has 0 saturated carbocycles. The molecule has 10 heteroatoms. The van der Waals surface area contributed by atoms with Crippen LogP contribution >= 0.6 is 0 Å². The zero-order valence-electron chi connectivity index (χ0n) is 13.5. The van der Waals surface area contributed by atoms with Crippen molar-refractivity contribution in [3.63, 3.8) is 0 Å². The number of nitrogens with zero attached hydrogens (tertiary/aromatic N) is 6. The summed E-state index contributed by atoms with van der Waals surface area (Å²) >= 11 is 0. The zero-order valence-corrected chi connectivity index (χ0v) is 14.3. The normalized spacial score (nSPS) is 19.2. The van der Waals surface area contributed by atoms with Gasteiger partial charge in [0, 0.05) is 42.7 Å². The Balaban J connectivity index is 1.71. The lowest BCUT2D eigenvalue weighted by molar-refractivity contribution is 0.0751. The molecule has 128 valence electrons. The van der Waals surface area contributed by atoms with Gasteiger partial charge in [-0.15, -0.1) is 0 Å².